The monoisotopic (exact) mass is 330 g/mol. The Labute approximate surface area is 121 Å². The zero-order valence-electron chi connectivity index (χ0n) is 6.70. The van der Waals surface area contributed by atoms with Gasteiger partial charge >= 0.3 is 50.6 Å². The fourth-order valence-electron chi connectivity index (χ4n) is 0. The molecule has 0 rings (SSSR count). The maximum atomic E-state index is 6.25. The van der Waals surface area contributed by atoms with E-state index in [0.717, 1.165) is 0 Å². The summed E-state index contributed by atoms with van der Waals surface area (Å²) in [7, 11) is 0. The molecule has 0 spiro atoms. The van der Waals surface area contributed by atoms with E-state index in [-0.39, 0.29) is 50.6 Å². The van der Waals surface area contributed by atoms with Gasteiger partial charge < -0.3 is 71.0 Å². The predicted octanol–water partition coefficient (Wildman–Crippen LogP) is 0.571. The van der Waals surface area contributed by atoms with Crippen LogP contribution >= 0.6 is 0 Å². The van der Waals surface area contributed by atoms with Crippen LogP contribution < -0.4 is 0 Å². The largest absolute Gasteiger partial charge is 2.00 e. The molecule has 0 saturated heterocycles. The fraction of sp³-hybridized carbons (Fsp3) is 0. The molecule has 15 heavy (non-hydrogen) atoms. The van der Waals surface area contributed by atoms with Crippen LogP contribution in [0.3, 0.4) is 0 Å². The Hall–Kier alpha value is -1.53. The first-order chi connectivity index (χ1) is 6.00. The third kappa shape index (κ3) is 586. The minimum absolute atomic E-state index is 0. The van der Waals surface area contributed by atoms with Crippen molar-refractivity contribution in [1.29, 1.82) is 31.6 Å². The normalized spacial score (nSPS) is 0.800. The Morgan fingerprint density at radius 2 is 0.333 bits per heavy atom. The summed E-state index contributed by atoms with van der Waals surface area (Å²) >= 11 is 0. The van der Waals surface area contributed by atoms with Crippen molar-refractivity contribution < 1.29 is 50.6 Å². The van der Waals surface area contributed by atoms with E-state index in [1.807, 2.05) is 0 Å². The van der Waals surface area contributed by atoms with E-state index < -0.39 is 0 Å². The van der Waals surface area contributed by atoms with Gasteiger partial charge in [0.2, 0.25) is 0 Å². The Balaban J connectivity index is -0.00000000396. The van der Waals surface area contributed by atoms with Crippen LogP contribution in [0.2, 0.25) is 0 Å². The average Bonchev–Trinajstić information content (AvgIpc) is 2.33. The molecule has 0 atom stereocenters. The van der Waals surface area contributed by atoms with E-state index in [1.54, 1.807) is 0 Å². The molecule has 0 aromatic rings. The summed E-state index contributed by atoms with van der Waals surface area (Å²) in [5.41, 5.74) is 0. The zero-order valence-corrected chi connectivity index (χ0v) is 9.89. The van der Waals surface area contributed by atoms with Crippen LogP contribution in [0.1, 0.15) is 0 Å². The van der Waals surface area contributed by atoms with Gasteiger partial charge in [0, 0.05) is 0 Å². The molecule has 0 aliphatic rings. The summed E-state index contributed by atoms with van der Waals surface area (Å²) in [5, 5.41) is 37.5. The van der Waals surface area contributed by atoms with E-state index in [9.17, 15) is 0 Å². The van der Waals surface area contributed by atoms with Crippen LogP contribution in [0.25, 0.3) is 0 Å². The maximum Gasteiger partial charge on any atom is 2.00 e. The second kappa shape index (κ2) is 704. The molecule has 80 valence electrons. The Bertz CT molecular complexity index is 101. The quantitative estimate of drug-likeness (QED) is 0.469. The van der Waals surface area contributed by atoms with E-state index >= 15 is 0 Å². The van der Waals surface area contributed by atoms with Gasteiger partial charge in [0.15, 0.2) is 0 Å². The van der Waals surface area contributed by atoms with Crippen LogP contribution in [0.5, 0.6) is 0 Å². The van der Waals surface area contributed by atoms with Gasteiger partial charge in [-0.1, -0.05) is 0 Å². The first-order valence-electron chi connectivity index (χ1n) is 1.34. The van der Waals surface area contributed by atoms with Crippen molar-refractivity contribution >= 4 is 0 Å². The molecule has 0 bridgehead atoms. The van der Waals surface area contributed by atoms with Gasteiger partial charge in [-0.2, -0.15) is 0 Å². The summed E-state index contributed by atoms with van der Waals surface area (Å²) in [6.07, 6.45) is 0. The number of hydrogen-bond donors (Lipinski definition) is 0. The molecule has 0 amide bonds. The standard InChI is InChI=1S/6CN.2Co.Fe/c6*1-2;;;/q6*-1;3*+2. The molecule has 9 heteroatoms. The summed E-state index contributed by atoms with van der Waals surface area (Å²) in [6.45, 7) is 28.5. The third-order valence-corrected chi connectivity index (χ3v) is 0. The Kier molecular flexibility index (Phi) is 4910. The van der Waals surface area contributed by atoms with Gasteiger partial charge in [0.1, 0.15) is 0 Å². The molecule has 6 nitrogen and oxygen atoms in total. The second-order valence-corrected chi connectivity index (χ2v) is 0. The third-order valence-electron chi connectivity index (χ3n) is 0. The second-order valence-electron chi connectivity index (χ2n) is 0. The molecule has 0 saturated carbocycles. The molecule has 0 aliphatic heterocycles. The summed E-state index contributed by atoms with van der Waals surface area (Å²) < 4.78 is 0. The van der Waals surface area contributed by atoms with Crippen molar-refractivity contribution in [1.82, 2.24) is 0 Å². The van der Waals surface area contributed by atoms with E-state index in [4.69, 9.17) is 71.0 Å². The van der Waals surface area contributed by atoms with Crippen LogP contribution in [-0.4, -0.2) is 0 Å². The van der Waals surface area contributed by atoms with Crippen molar-refractivity contribution in [2.45, 2.75) is 0 Å². The molecule has 0 aliphatic carbocycles. The van der Waals surface area contributed by atoms with Gasteiger partial charge in [0.05, 0.1) is 0 Å². The number of hydrogen-bond acceptors (Lipinski definition) is 6. The fourth-order valence-corrected chi connectivity index (χ4v) is 0. The van der Waals surface area contributed by atoms with E-state index in [2.05, 4.69) is 0 Å². The summed E-state index contributed by atoms with van der Waals surface area (Å²) in [5.74, 6) is 0. The molecule has 0 aromatic heterocycles. The Morgan fingerprint density at radius 1 is 0.333 bits per heavy atom. The van der Waals surface area contributed by atoms with Gasteiger partial charge in [0.25, 0.3) is 0 Å². The van der Waals surface area contributed by atoms with Crippen molar-refractivity contribution in [2.24, 2.45) is 0 Å². The molecule has 0 heterocycles. The molecular weight excluding hydrogens is 330 g/mol. The SMILES string of the molecule is [C-]#N.[C-]#N.[C-]#N.[C-]#N.[C-]#N.[C-]#N.[Co+2].[Co+2].[Fe+2]. The minimum Gasteiger partial charge on any atom is -0.512 e. The van der Waals surface area contributed by atoms with Crippen LogP contribution in [0.15, 0.2) is 0 Å². The van der Waals surface area contributed by atoms with Crippen molar-refractivity contribution in [3.63, 3.8) is 0 Å². The molecule has 0 fully saturated rings. The van der Waals surface area contributed by atoms with Gasteiger partial charge in [-0.15, -0.1) is 0 Å². The molecular formula is C6Co2FeN6. The number of nitrogens with zero attached hydrogens (tertiary/aromatic N) is 6. The van der Waals surface area contributed by atoms with Gasteiger partial charge in [-0.3, -0.25) is 0 Å². The molecule has 0 N–H and O–H groups in total. The first kappa shape index (κ1) is 105. The molecule has 2 radical (unpaired) electrons. The van der Waals surface area contributed by atoms with Crippen LogP contribution in [0.4, 0.5) is 0 Å². The topological polar surface area (TPSA) is 143 Å². The summed E-state index contributed by atoms with van der Waals surface area (Å²) in [6, 6.07) is 0. The number of rotatable bonds is 0. The predicted molar refractivity (Wildman–Crippen MR) is 29.8 cm³/mol. The van der Waals surface area contributed by atoms with Crippen molar-refractivity contribution in [3.8, 4) is 0 Å². The van der Waals surface area contributed by atoms with Crippen molar-refractivity contribution in [3.05, 3.63) is 39.4 Å². The summed E-state index contributed by atoms with van der Waals surface area (Å²) in [4.78, 5) is 0. The Morgan fingerprint density at radius 3 is 0.333 bits per heavy atom. The van der Waals surface area contributed by atoms with Gasteiger partial charge in [-0.05, 0) is 0 Å². The van der Waals surface area contributed by atoms with E-state index in [0.29, 0.717) is 0 Å². The maximum absolute atomic E-state index is 6.25. The zero-order chi connectivity index (χ0) is 12.0. The smallest absolute Gasteiger partial charge is 0.512 e. The molecule has 0 unspecified atom stereocenters. The average molecular weight is 330 g/mol. The molecule has 0 aromatic carbocycles. The van der Waals surface area contributed by atoms with E-state index in [1.165, 1.54) is 0 Å². The van der Waals surface area contributed by atoms with Crippen LogP contribution in [-0.2, 0) is 50.6 Å². The minimum atomic E-state index is 0. The van der Waals surface area contributed by atoms with Gasteiger partial charge in [-0.25, -0.2) is 0 Å². The van der Waals surface area contributed by atoms with Crippen molar-refractivity contribution in [2.75, 3.05) is 0 Å². The van der Waals surface area contributed by atoms with Crippen LogP contribution in [0, 0.1) is 71.0 Å². The first-order valence-corrected chi connectivity index (χ1v) is 1.34.